The topological polar surface area (TPSA) is 46.2 Å². The third kappa shape index (κ3) is 3.88. The smallest absolute Gasteiger partial charge is 0.132 e. The minimum atomic E-state index is 0.825. The summed E-state index contributed by atoms with van der Waals surface area (Å²) in [6.07, 6.45) is 1.08. The predicted molar refractivity (Wildman–Crippen MR) is 79.3 cm³/mol. The molecule has 2 aromatic rings. The lowest BCUT2D eigenvalue weighted by atomic mass is 10.3. The Bertz CT molecular complexity index is 511. The molecule has 0 saturated carbocycles. The van der Waals surface area contributed by atoms with Gasteiger partial charge in [-0.2, -0.15) is 0 Å². The molecule has 0 fully saturated rings. The van der Waals surface area contributed by atoms with Crippen LogP contribution in [0, 0.1) is 0 Å². The van der Waals surface area contributed by atoms with Crippen molar-refractivity contribution in [3.8, 4) is 5.75 Å². The highest BCUT2D eigenvalue weighted by Crippen LogP contribution is 2.19. The summed E-state index contributed by atoms with van der Waals surface area (Å²) in [6.45, 7) is 3.06. The normalized spacial score (nSPS) is 10.0. The van der Waals surface area contributed by atoms with E-state index in [0.717, 1.165) is 36.0 Å². The summed E-state index contributed by atoms with van der Waals surface area (Å²) in [6, 6.07) is 13.7. The van der Waals surface area contributed by atoms with Gasteiger partial charge in [0.1, 0.15) is 17.4 Å². The third-order valence-electron chi connectivity index (χ3n) is 2.67. The van der Waals surface area contributed by atoms with Crippen LogP contribution in [0.15, 0.2) is 42.5 Å². The first-order chi connectivity index (χ1) is 9.31. The van der Waals surface area contributed by atoms with E-state index >= 15 is 0 Å². The maximum absolute atomic E-state index is 5.13. The van der Waals surface area contributed by atoms with Crippen LogP contribution >= 0.6 is 0 Å². The van der Waals surface area contributed by atoms with Gasteiger partial charge in [-0.15, -0.1) is 0 Å². The molecule has 2 N–H and O–H groups in total. The standard InChI is InChI=1S/C15H19N3O/c1-3-11-16-14-5-4-6-15(18-14)17-12-7-9-13(19-2)10-8-12/h4-10H,3,11H2,1-2H3,(H2,16,17,18). The average molecular weight is 257 g/mol. The van der Waals surface area contributed by atoms with Crippen LogP contribution in [0.3, 0.4) is 0 Å². The summed E-state index contributed by atoms with van der Waals surface area (Å²) in [5.41, 5.74) is 0.987. The molecule has 1 heterocycles. The molecule has 1 aromatic carbocycles. The molecule has 4 nitrogen and oxygen atoms in total. The van der Waals surface area contributed by atoms with Gasteiger partial charge in [-0.25, -0.2) is 4.98 Å². The van der Waals surface area contributed by atoms with Crippen LogP contribution in [0.1, 0.15) is 13.3 Å². The zero-order chi connectivity index (χ0) is 13.5. The van der Waals surface area contributed by atoms with Gasteiger partial charge >= 0.3 is 0 Å². The first-order valence-corrected chi connectivity index (χ1v) is 6.44. The highest BCUT2D eigenvalue weighted by Gasteiger charge is 1.98. The van der Waals surface area contributed by atoms with Crippen LogP contribution in [-0.4, -0.2) is 18.6 Å². The number of aromatic nitrogens is 1. The second-order valence-electron chi connectivity index (χ2n) is 4.19. The maximum Gasteiger partial charge on any atom is 0.132 e. The van der Waals surface area contributed by atoms with Crippen LogP contribution in [0.25, 0.3) is 0 Å². The van der Waals surface area contributed by atoms with Crippen LogP contribution in [0.2, 0.25) is 0 Å². The number of nitrogens with one attached hydrogen (secondary N) is 2. The van der Waals surface area contributed by atoms with E-state index in [-0.39, 0.29) is 0 Å². The third-order valence-corrected chi connectivity index (χ3v) is 2.67. The van der Waals surface area contributed by atoms with Crippen molar-refractivity contribution in [2.75, 3.05) is 24.3 Å². The van der Waals surface area contributed by atoms with E-state index in [1.807, 2.05) is 42.5 Å². The second-order valence-corrected chi connectivity index (χ2v) is 4.19. The van der Waals surface area contributed by atoms with Crippen molar-refractivity contribution in [3.63, 3.8) is 0 Å². The number of ether oxygens (including phenoxy) is 1. The predicted octanol–water partition coefficient (Wildman–Crippen LogP) is 3.66. The Morgan fingerprint density at radius 3 is 2.47 bits per heavy atom. The summed E-state index contributed by atoms with van der Waals surface area (Å²) in [5.74, 6) is 2.56. The fourth-order valence-corrected chi connectivity index (χ4v) is 1.68. The minimum absolute atomic E-state index is 0.825. The molecule has 4 heteroatoms. The van der Waals surface area contributed by atoms with Gasteiger partial charge in [-0.05, 0) is 42.8 Å². The van der Waals surface area contributed by atoms with Gasteiger partial charge in [-0.3, -0.25) is 0 Å². The number of benzene rings is 1. The van der Waals surface area contributed by atoms with Gasteiger partial charge in [0.05, 0.1) is 7.11 Å². The number of anilines is 3. The SMILES string of the molecule is CCCNc1cccc(Nc2ccc(OC)cc2)n1. The Morgan fingerprint density at radius 2 is 1.79 bits per heavy atom. The molecule has 19 heavy (non-hydrogen) atoms. The molecule has 0 unspecified atom stereocenters. The number of methoxy groups -OCH3 is 1. The number of hydrogen-bond donors (Lipinski definition) is 2. The largest absolute Gasteiger partial charge is 0.497 e. The molecule has 0 aliphatic rings. The van der Waals surface area contributed by atoms with E-state index < -0.39 is 0 Å². The number of hydrogen-bond acceptors (Lipinski definition) is 4. The number of nitrogens with zero attached hydrogens (tertiary/aromatic N) is 1. The van der Waals surface area contributed by atoms with Gasteiger partial charge in [0.15, 0.2) is 0 Å². The van der Waals surface area contributed by atoms with Crippen LogP contribution < -0.4 is 15.4 Å². The molecule has 0 amide bonds. The van der Waals surface area contributed by atoms with Crippen molar-refractivity contribution < 1.29 is 4.74 Å². The summed E-state index contributed by atoms with van der Waals surface area (Å²) < 4.78 is 5.13. The Balaban J connectivity index is 2.05. The van der Waals surface area contributed by atoms with Crippen molar-refractivity contribution in [2.24, 2.45) is 0 Å². The van der Waals surface area contributed by atoms with Gasteiger partial charge < -0.3 is 15.4 Å². The second kappa shape index (κ2) is 6.64. The molecule has 1 aromatic heterocycles. The molecule has 0 bridgehead atoms. The first kappa shape index (κ1) is 13.2. The highest BCUT2D eigenvalue weighted by molar-refractivity contribution is 5.58. The van der Waals surface area contributed by atoms with Crippen molar-refractivity contribution in [1.82, 2.24) is 4.98 Å². The lowest BCUT2D eigenvalue weighted by molar-refractivity contribution is 0.415. The molecule has 100 valence electrons. The molecule has 0 saturated heterocycles. The Hall–Kier alpha value is -2.23. The molecular weight excluding hydrogens is 238 g/mol. The van der Waals surface area contributed by atoms with E-state index in [4.69, 9.17) is 4.74 Å². The van der Waals surface area contributed by atoms with E-state index in [0.29, 0.717) is 0 Å². The molecule has 2 rings (SSSR count). The molecule has 0 aliphatic carbocycles. The Kier molecular flexibility index (Phi) is 4.61. The molecule has 0 aliphatic heterocycles. The van der Waals surface area contributed by atoms with Gasteiger partial charge in [0.25, 0.3) is 0 Å². The van der Waals surface area contributed by atoms with Crippen molar-refractivity contribution in [2.45, 2.75) is 13.3 Å². The van der Waals surface area contributed by atoms with Crippen LogP contribution in [0.4, 0.5) is 17.3 Å². The summed E-state index contributed by atoms with van der Waals surface area (Å²) >= 11 is 0. The maximum atomic E-state index is 5.13. The van der Waals surface area contributed by atoms with Crippen molar-refractivity contribution in [1.29, 1.82) is 0 Å². The number of rotatable bonds is 6. The molecular formula is C15H19N3O. The first-order valence-electron chi connectivity index (χ1n) is 6.44. The summed E-state index contributed by atoms with van der Waals surface area (Å²) in [5, 5.41) is 6.53. The van der Waals surface area contributed by atoms with E-state index in [2.05, 4.69) is 22.5 Å². The fourth-order valence-electron chi connectivity index (χ4n) is 1.68. The lowest BCUT2D eigenvalue weighted by Crippen LogP contribution is -2.03. The molecule has 0 atom stereocenters. The quantitative estimate of drug-likeness (QED) is 0.829. The van der Waals surface area contributed by atoms with Gasteiger partial charge in [0, 0.05) is 12.2 Å². The van der Waals surface area contributed by atoms with Gasteiger partial charge in [-0.1, -0.05) is 13.0 Å². The average Bonchev–Trinajstić information content (AvgIpc) is 2.46. The minimum Gasteiger partial charge on any atom is -0.497 e. The fraction of sp³-hybridized carbons (Fsp3) is 0.267. The summed E-state index contributed by atoms with van der Waals surface area (Å²) in [4.78, 5) is 4.49. The van der Waals surface area contributed by atoms with Crippen LogP contribution in [-0.2, 0) is 0 Å². The summed E-state index contributed by atoms with van der Waals surface area (Å²) in [7, 11) is 1.66. The lowest BCUT2D eigenvalue weighted by Gasteiger charge is -2.09. The van der Waals surface area contributed by atoms with E-state index in [1.54, 1.807) is 7.11 Å². The van der Waals surface area contributed by atoms with E-state index in [1.165, 1.54) is 0 Å². The Morgan fingerprint density at radius 1 is 1.05 bits per heavy atom. The van der Waals surface area contributed by atoms with Crippen molar-refractivity contribution in [3.05, 3.63) is 42.5 Å². The zero-order valence-corrected chi connectivity index (χ0v) is 11.3. The van der Waals surface area contributed by atoms with Crippen molar-refractivity contribution >= 4 is 17.3 Å². The number of pyridine rings is 1. The highest BCUT2D eigenvalue weighted by atomic mass is 16.5. The Labute approximate surface area is 113 Å². The van der Waals surface area contributed by atoms with E-state index in [9.17, 15) is 0 Å². The zero-order valence-electron chi connectivity index (χ0n) is 11.3. The molecule has 0 radical (unpaired) electrons. The molecule has 0 spiro atoms. The van der Waals surface area contributed by atoms with Crippen LogP contribution in [0.5, 0.6) is 5.75 Å². The van der Waals surface area contributed by atoms with Gasteiger partial charge in [0.2, 0.25) is 0 Å². The monoisotopic (exact) mass is 257 g/mol.